The highest BCUT2D eigenvalue weighted by atomic mass is 15.0. The molecular formula is C18H29N3. The molecule has 3 rings (SSSR count). The highest BCUT2D eigenvalue weighted by molar-refractivity contribution is 5.26. The second-order valence-electron chi connectivity index (χ2n) is 8.12. The number of nitrogens with zero attached hydrogens (tertiary/aromatic N) is 2. The van der Waals surface area contributed by atoms with Crippen molar-refractivity contribution in [2.75, 3.05) is 0 Å². The predicted molar refractivity (Wildman–Crippen MR) is 86.3 cm³/mol. The summed E-state index contributed by atoms with van der Waals surface area (Å²) in [5, 5.41) is 3.56. The lowest BCUT2D eigenvalue weighted by Gasteiger charge is -2.24. The topological polar surface area (TPSA) is 37.8 Å². The zero-order valence-corrected chi connectivity index (χ0v) is 14.2. The van der Waals surface area contributed by atoms with Crippen molar-refractivity contribution in [1.29, 1.82) is 0 Å². The van der Waals surface area contributed by atoms with E-state index >= 15 is 0 Å². The first kappa shape index (κ1) is 15.0. The van der Waals surface area contributed by atoms with Gasteiger partial charge in [-0.05, 0) is 65.7 Å². The van der Waals surface area contributed by atoms with Crippen molar-refractivity contribution in [2.24, 2.45) is 11.8 Å². The van der Waals surface area contributed by atoms with E-state index in [9.17, 15) is 0 Å². The summed E-state index contributed by atoms with van der Waals surface area (Å²) in [6, 6.07) is 0. The van der Waals surface area contributed by atoms with Crippen LogP contribution in [0.3, 0.4) is 0 Å². The third-order valence-corrected chi connectivity index (χ3v) is 5.30. The first-order valence-corrected chi connectivity index (χ1v) is 8.42. The monoisotopic (exact) mass is 287 g/mol. The number of hydrogen-bond donors (Lipinski definition) is 1. The fourth-order valence-corrected chi connectivity index (χ4v) is 4.10. The van der Waals surface area contributed by atoms with Crippen LogP contribution in [-0.4, -0.2) is 15.5 Å². The fraction of sp³-hybridized carbons (Fsp3) is 0.778. The standard InChI is InChI=1S/C18H29N3/c1-11-16(10-19-18(3,4)5)12(2)21-17(20-11)15-9-13-6-7-14(15)8-13/h13-15,19H,6-10H2,1-5H3. The van der Waals surface area contributed by atoms with Gasteiger partial charge in [-0.3, -0.25) is 0 Å². The highest BCUT2D eigenvalue weighted by Crippen LogP contribution is 2.52. The molecule has 1 N–H and O–H groups in total. The molecule has 2 fully saturated rings. The summed E-state index contributed by atoms with van der Waals surface area (Å²) < 4.78 is 0. The van der Waals surface area contributed by atoms with Gasteiger partial charge in [-0.15, -0.1) is 0 Å². The Bertz CT molecular complexity index is 507. The quantitative estimate of drug-likeness (QED) is 0.916. The molecule has 2 bridgehead atoms. The number of fused-ring (bicyclic) bond motifs is 2. The molecule has 3 unspecified atom stereocenters. The third-order valence-electron chi connectivity index (χ3n) is 5.30. The van der Waals surface area contributed by atoms with Gasteiger partial charge in [0.05, 0.1) is 0 Å². The summed E-state index contributed by atoms with van der Waals surface area (Å²) in [6.07, 6.45) is 5.57. The van der Waals surface area contributed by atoms with Crippen molar-refractivity contribution in [1.82, 2.24) is 15.3 Å². The van der Waals surface area contributed by atoms with E-state index in [1.54, 1.807) is 0 Å². The summed E-state index contributed by atoms with van der Waals surface area (Å²) in [7, 11) is 0. The molecule has 21 heavy (non-hydrogen) atoms. The lowest BCUT2D eigenvalue weighted by molar-refractivity contribution is 0.401. The number of nitrogens with one attached hydrogen (secondary N) is 1. The van der Waals surface area contributed by atoms with E-state index in [0.29, 0.717) is 5.92 Å². The van der Waals surface area contributed by atoms with Crippen molar-refractivity contribution in [3.8, 4) is 0 Å². The molecule has 116 valence electrons. The van der Waals surface area contributed by atoms with E-state index < -0.39 is 0 Å². The summed E-state index contributed by atoms with van der Waals surface area (Å²) in [5.74, 6) is 3.56. The molecule has 2 saturated carbocycles. The Balaban J connectivity index is 1.79. The van der Waals surface area contributed by atoms with Gasteiger partial charge in [-0.2, -0.15) is 0 Å². The van der Waals surface area contributed by atoms with Crippen molar-refractivity contribution in [3.05, 3.63) is 22.8 Å². The fourth-order valence-electron chi connectivity index (χ4n) is 4.10. The molecule has 0 spiro atoms. The predicted octanol–water partition coefficient (Wildman–Crippen LogP) is 3.89. The van der Waals surface area contributed by atoms with Gasteiger partial charge in [0.25, 0.3) is 0 Å². The Morgan fingerprint density at radius 1 is 1.05 bits per heavy atom. The van der Waals surface area contributed by atoms with Gasteiger partial charge >= 0.3 is 0 Å². The van der Waals surface area contributed by atoms with Gasteiger partial charge in [-0.25, -0.2) is 9.97 Å². The van der Waals surface area contributed by atoms with Gasteiger partial charge in [0.15, 0.2) is 0 Å². The second-order valence-corrected chi connectivity index (χ2v) is 8.12. The number of aryl methyl sites for hydroxylation is 2. The maximum absolute atomic E-state index is 4.88. The van der Waals surface area contributed by atoms with Crippen LogP contribution >= 0.6 is 0 Å². The minimum atomic E-state index is 0.127. The Kier molecular flexibility index (Phi) is 3.81. The molecule has 2 aliphatic carbocycles. The van der Waals surface area contributed by atoms with Crippen LogP contribution in [0.5, 0.6) is 0 Å². The zero-order chi connectivity index (χ0) is 15.2. The smallest absolute Gasteiger partial charge is 0.132 e. The Labute approximate surface area is 129 Å². The number of rotatable bonds is 3. The first-order valence-electron chi connectivity index (χ1n) is 8.42. The van der Waals surface area contributed by atoms with Crippen molar-refractivity contribution < 1.29 is 0 Å². The molecule has 0 aromatic carbocycles. The maximum atomic E-state index is 4.88. The van der Waals surface area contributed by atoms with Gasteiger partial charge < -0.3 is 5.32 Å². The third kappa shape index (κ3) is 3.13. The number of hydrogen-bond acceptors (Lipinski definition) is 3. The summed E-state index contributed by atoms with van der Waals surface area (Å²) in [6.45, 7) is 11.7. The number of aromatic nitrogens is 2. The molecule has 3 heteroatoms. The largest absolute Gasteiger partial charge is 0.308 e. The van der Waals surface area contributed by atoms with Crippen molar-refractivity contribution >= 4 is 0 Å². The molecule has 3 nitrogen and oxygen atoms in total. The van der Waals surface area contributed by atoms with Crippen LogP contribution in [0.4, 0.5) is 0 Å². The molecule has 1 heterocycles. The summed E-state index contributed by atoms with van der Waals surface area (Å²) >= 11 is 0. The lowest BCUT2D eigenvalue weighted by Crippen LogP contribution is -2.35. The molecule has 0 aliphatic heterocycles. The van der Waals surface area contributed by atoms with Gasteiger partial charge in [0.1, 0.15) is 5.82 Å². The normalized spacial score (nSPS) is 28.3. The average molecular weight is 287 g/mol. The van der Waals surface area contributed by atoms with E-state index in [2.05, 4.69) is 39.9 Å². The van der Waals surface area contributed by atoms with E-state index in [4.69, 9.17) is 9.97 Å². The van der Waals surface area contributed by atoms with E-state index in [1.165, 1.54) is 31.2 Å². The molecule has 0 amide bonds. The Morgan fingerprint density at radius 2 is 1.71 bits per heavy atom. The van der Waals surface area contributed by atoms with Gasteiger partial charge in [0.2, 0.25) is 0 Å². The van der Waals surface area contributed by atoms with Gasteiger partial charge in [-0.1, -0.05) is 6.42 Å². The highest BCUT2D eigenvalue weighted by Gasteiger charge is 2.41. The van der Waals surface area contributed by atoms with Crippen LogP contribution in [0.2, 0.25) is 0 Å². The van der Waals surface area contributed by atoms with E-state index in [1.807, 2.05) is 0 Å². The molecule has 3 atom stereocenters. The SMILES string of the molecule is Cc1nc(C2CC3CCC2C3)nc(C)c1CNC(C)(C)C. The van der Waals surface area contributed by atoms with E-state index in [0.717, 1.165) is 35.6 Å². The van der Waals surface area contributed by atoms with Crippen LogP contribution in [0.15, 0.2) is 0 Å². The second kappa shape index (κ2) is 5.35. The van der Waals surface area contributed by atoms with Crippen LogP contribution in [0, 0.1) is 25.7 Å². The zero-order valence-electron chi connectivity index (χ0n) is 14.2. The van der Waals surface area contributed by atoms with Crippen LogP contribution < -0.4 is 5.32 Å². The minimum Gasteiger partial charge on any atom is -0.308 e. The Hall–Kier alpha value is -0.960. The van der Waals surface area contributed by atoms with Crippen LogP contribution in [-0.2, 0) is 6.54 Å². The molecule has 0 radical (unpaired) electrons. The summed E-state index contributed by atoms with van der Waals surface area (Å²) in [5.41, 5.74) is 3.73. The molecule has 0 saturated heterocycles. The Morgan fingerprint density at radius 3 is 2.19 bits per heavy atom. The molecule has 2 aliphatic rings. The van der Waals surface area contributed by atoms with Crippen molar-refractivity contribution in [3.63, 3.8) is 0 Å². The average Bonchev–Trinajstić information content (AvgIpc) is 2.98. The lowest BCUT2D eigenvalue weighted by atomic mass is 9.88. The van der Waals surface area contributed by atoms with Crippen LogP contribution in [0.25, 0.3) is 0 Å². The van der Waals surface area contributed by atoms with Crippen LogP contribution in [0.1, 0.15) is 75.1 Å². The van der Waals surface area contributed by atoms with E-state index in [-0.39, 0.29) is 5.54 Å². The van der Waals surface area contributed by atoms with Gasteiger partial charge in [0, 0.05) is 35.0 Å². The minimum absolute atomic E-state index is 0.127. The molecule has 1 aromatic rings. The molecular weight excluding hydrogens is 258 g/mol. The maximum Gasteiger partial charge on any atom is 0.132 e. The van der Waals surface area contributed by atoms with Crippen molar-refractivity contribution in [2.45, 2.75) is 78.3 Å². The molecule has 1 aromatic heterocycles. The summed E-state index contributed by atoms with van der Waals surface area (Å²) in [4.78, 5) is 9.77. The first-order chi connectivity index (χ1) is 9.83.